The molecule has 1 heterocycles. The maximum Gasteiger partial charge on any atom is 0.289 e. The number of carbonyl (C=O) groups excluding carboxylic acids is 1. The summed E-state index contributed by atoms with van der Waals surface area (Å²) < 4.78 is 5.26. The molecular weight excluding hydrogens is 286 g/mol. The standard InChI is InChI=1S/C17H22ClNO2/c1-19(16(20)14-2-3-15(18)21-14)10-17-7-11-4-12(8-17)6-13(5-11)9-17/h2-3,11-13H,4-10H2,1H3. The Bertz CT molecular complexity index is 530. The second-order valence-electron chi connectivity index (χ2n) is 7.68. The number of halogens is 1. The second-order valence-corrected chi connectivity index (χ2v) is 8.06. The summed E-state index contributed by atoms with van der Waals surface area (Å²) in [6.07, 6.45) is 8.25. The third kappa shape index (κ3) is 2.40. The van der Waals surface area contributed by atoms with Crippen molar-refractivity contribution in [3.8, 4) is 0 Å². The summed E-state index contributed by atoms with van der Waals surface area (Å²) in [4.78, 5) is 14.3. The Labute approximate surface area is 130 Å². The first kappa shape index (κ1) is 13.7. The maximum atomic E-state index is 12.5. The van der Waals surface area contributed by atoms with Crippen molar-refractivity contribution >= 4 is 17.5 Å². The minimum atomic E-state index is -0.0438. The van der Waals surface area contributed by atoms with Crippen LogP contribution in [0.5, 0.6) is 0 Å². The fourth-order valence-electron chi connectivity index (χ4n) is 5.68. The smallest absolute Gasteiger partial charge is 0.289 e. The molecule has 0 aromatic carbocycles. The molecule has 4 aliphatic rings. The molecule has 3 nitrogen and oxygen atoms in total. The molecule has 4 aliphatic carbocycles. The first-order valence-corrected chi connectivity index (χ1v) is 8.42. The van der Waals surface area contributed by atoms with Crippen LogP contribution < -0.4 is 0 Å². The number of nitrogens with zero attached hydrogens (tertiary/aromatic N) is 1. The summed E-state index contributed by atoms with van der Waals surface area (Å²) in [7, 11) is 1.90. The number of rotatable bonds is 3. The molecule has 0 unspecified atom stereocenters. The van der Waals surface area contributed by atoms with Gasteiger partial charge >= 0.3 is 0 Å². The van der Waals surface area contributed by atoms with Crippen molar-refractivity contribution in [3.05, 3.63) is 23.1 Å². The van der Waals surface area contributed by atoms with Gasteiger partial charge in [-0.15, -0.1) is 0 Å². The van der Waals surface area contributed by atoms with Gasteiger partial charge in [0.2, 0.25) is 0 Å². The van der Waals surface area contributed by atoms with E-state index in [0.717, 1.165) is 24.3 Å². The van der Waals surface area contributed by atoms with Crippen LogP contribution in [0.1, 0.15) is 49.1 Å². The van der Waals surface area contributed by atoms with E-state index in [4.69, 9.17) is 16.0 Å². The van der Waals surface area contributed by atoms with Gasteiger partial charge < -0.3 is 9.32 Å². The van der Waals surface area contributed by atoms with Gasteiger partial charge in [0.05, 0.1) is 0 Å². The normalized spacial score (nSPS) is 37.0. The van der Waals surface area contributed by atoms with E-state index in [0.29, 0.717) is 11.2 Å². The predicted octanol–water partition coefficient (Wildman–Crippen LogP) is 4.22. The first-order chi connectivity index (χ1) is 10.0. The van der Waals surface area contributed by atoms with Crippen molar-refractivity contribution in [3.63, 3.8) is 0 Å². The van der Waals surface area contributed by atoms with Gasteiger partial charge in [-0.3, -0.25) is 4.79 Å². The average molecular weight is 308 g/mol. The highest BCUT2D eigenvalue weighted by molar-refractivity contribution is 6.29. The highest BCUT2D eigenvalue weighted by Crippen LogP contribution is 2.60. The highest BCUT2D eigenvalue weighted by atomic mass is 35.5. The Morgan fingerprint density at radius 1 is 1.24 bits per heavy atom. The Hall–Kier alpha value is -0.960. The van der Waals surface area contributed by atoms with Crippen LogP contribution in [-0.2, 0) is 0 Å². The molecule has 0 N–H and O–H groups in total. The van der Waals surface area contributed by atoms with Crippen LogP contribution in [0.25, 0.3) is 0 Å². The molecule has 21 heavy (non-hydrogen) atoms. The average Bonchev–Trinajstić information content (AvgIpc) is 2.82. The Morgan fingerprint density at radius 3 is 2.29 bits per heavy atom. The fraction of sp³-hybridized carbons (Fsp3) is 0.706. The van der Waals surface area contributed by atoms with E-state index >= 15 is 0 Å². The first-order valence-electron chi connectivity index (χ1n) is 8.04. The Kier molecular flexibility index (Phi) is 3.11. The van der Waals surface area contributed by atoms with Gasteiger partial charge in [-0.05, 0) is 85.4 Å². The van der Waals surface area contributed by atoms with Crippen LogP contribution in [-0.4, -0.2) is 24.4 Å². The number of amides is 1. The number of hydrogen-bond donors (Lipinski definition) is 0. The van der Waals surface area contributed by atoms with Crippen molar-refractivity contribution in [2.24, 2.45) is 23.2 Å². The van der Waals surface area contributed by atoms with E-state index in [9.17, 15) is 4.79 Å². The van der Waals surface area contributed by atoms with Crippen LogP contribution >= 0.6 is 11.6 Å². The fourth-order valence-corrected chi connectivity index (χ4v) is 5.82. The van der Waals surface area contributed by atoms with Crippen LogP contribution in [0.15, 0.2) is 16.5 Å². The van der Waals surface area contributed by atoms with E-state index in [1.807, 2.05) is 11.9 Å². The van der Waals surface area contributed by atoms with Gasteiger partial charge in [-0.1, -0.05) is 0 Å². The molecule has 0 atom stereocenters. The molecule has 4 bridgehead atoms. The van der Waals surface area contributed by atoms with Crippen LogP contribution in [0, 0.1) is 23.2 Å². The summed E-state index contributed by atoms with van der Waals surface area (Å²) in [5.74, 6) is 3.05. The molecule has 1 aromatic heterocycles. The third-order valence-corrected chi connectivity index (χ3v) is 6.07. The van der Waals surface area contributed by atoms with E-state index in [1.54, 1.807) is 12.1 Å². The molecule has 0 spiro atoms. The molecule has 4 heteroatoms. The van der Waals surface area contributed by atoms with Gasteiger partial charge in [0.15, 0.2) is 11.0 Å². The SMILES string of the molecule is CN(CC12CC3CC(CC(C3)C1)C2)C(=O)c1ccc(Cl)o1. The number of hydrogen-bond acceptors (Lipinski definition) is 2. The summed E-state index contributed by atoms with van der Waals surface area (Å²) in [5, 5.41) is 0.279. The van der Waals surface area contributed by atoms with Crippen molar-refractivity contribution in [1.29, 1.82) is 0 Å². The van der Waals surface area contributed by atoms with E-state index in [1.165, 1.54) is 38.5 Å². The molecule has 114 valence electrons. The molecule has 4 saturated carbocycles. The molecule has 0 aliphatic heterocycles. The highest BCUT2D eigenvalue weighted by Gasteiger charge is 2.51. The second kappa shape index (κ2) is 4.77. The van der Waals surface area contributed by atoms with Gasteiger partial charge in [-0.2, -0.15) is 0 Å². The van der Waals surface area contributed by atoms with Crippen molar-refractivity contribution in [2.75, 3.05) is 13.6 Å². The number of carbonyl (C=O) groups is 1. The zero-order valence-electron chi connectivity index (χ0n) is 12.5. The van der Waals surface area contributed by atoms with Crippen molar-refractivity contribution in [2.45, 2.75) is 38.5 Å². The van der Waals surface area contributed by atoms with Gasteiger partial charge in [0.25, 0.3) is 5.91 Å². The largest absolute Gasteiger partial charge is 0.440 e. The lowest BCUT2D eigenvalue weighted by Crippen LogP contribution is -2.51. The van der Waals surface area contributed by atoms with Crippen molar-refractivity contribution < 1.29 is 9.21 Å². The molecule has 0 radical (unpaired) electrons. The maximum absolute atomic E-state index is 12.5. The molecule has 5 rings (SSSR count). The van der Waals surface area contributed by atoms with Gasteiger partial charge in [0.1, 0.15) is 0 Å². The molecule has 1 amide bonds. The molecule has 0 saturated heterocycles. The molecule has 1 aromatic rings. The summed E-state index contributed by atoms with van der Waals surface area (Å²) >= 11 is 5.77. The van der Waals surface area contributed by atoms with Gasteiger partial charge in [0, 0.05) is 13.6 Å². The predicted molar refractivity (Wildman–Crippen MR) is 81.3 cm³/mol. The third-order valence-electron chi connectivity index (χ3n) is 5.87. The topological polar surface area (TPSA) is 33.5 Å². The monoisotopic (exact) mass is 307 g/mol. The summed E-state index contributed by atoms with van der Waals surface area (Å²) in [5.41, 5.74) is 0.371. The lowest BCUT2D eigenvalue weighted by Gasteiger charge is -2.57. The van der Waals surface area contributed by atoms with E-state index in [2.05, 4.69) is 0 Å². The van der Waals surface area contributed by atoms with E-state index in [-0.39, 0.29) is 11.1 Å². The lowest BCUT2D eigenvalue weighted by atomic mass is 9.49. The zero-order chi connectivity index (χ0) is 14.6. The minimum absolute atomic E-state index is 0.0438. The van der Waals surface area contributed by atoms with Gasteiger partial charge in [-0.25, -0.2) is 0 Å². The Balaban J connectivity index is 1.49. The number of furan rings is 1. The van der Waals surface area contributed by atoms with Crippen LogP contribution in [0.3, 0.4) is 0 Å². The van der Waals surface area contributed by atoms with Crippen LogP contribution in [0.2, 0.25) is 5.22 Å². The minimum Gasteiger partial charge on any atom is -0.440 e. The van der Waals surface area contributed by atoms with Crippen molar-refractivity contribution in [1.82, 2.24) is 4.90 Å². The molecular formula is C17H22ClNO2. The lowest BCUT2D eigenvalue weighted by molar-refractivity contribution is -0.0631. The zero-order valence-corrected chi connectivity index (χ0v) is 13.2. The molecule has 4 fully saturated rings. The van der Waals surface area contributed by atoms with Crippen LogP contribution in [0.4, 0.5) is 0 Å². The van der Waals surface area contributed by atoms with E-state index < -0.39 is 0 Å². The quantitative estimate of drug-likeness (QED) is 0.837. The summed E-state index contributed by atoms with van der Waals surface area (Å²) in [6.45, 7) is 0.869. The Morgan fingerprint density at radius 2 is 1.81 bits per heavy atom. The summed E-state index contributed by atoms with van der Waals surface area (Å²) in [6, 6.07) is 3.30.